The minimum atomic E-state index is -0.878. The number of rotatable bonds is 5. The van der Waals surface area contributed by atoms with E-state index in [1.165, 1.54) is 6.07 Å². The van der Waals surface area contributed by atoms with Crippen molar-refractivity contribution in [1.29, 1.82) is 0 Å². The molecule has 30 heavy (non-hydrogen) atoms. The van der Waals surface area contributed by atoms with Crippen LogP contribution >= 0.6 is 12.2 Å². The molecular formula is C19H19N5O5S. The summed E-state index contributed by atoms with van der Waals surface area (Å²) in [4.78, 5) is 41.0. The fraction of sp³-hybridized carbons (Fsp3) is 0.211. The van der Waals surface area contributed by atoms with Crippen molar-refractivity contribution in [2.75, 3.05) is 19.5 Å². The molecule has 0 amide bonds. The van der Waals surface area contributed by atoms with Crippen LogP contribution in [-0.2, 0) is 6.54 Å². The van der Waals surface area contributed by atoms with Gasteiger partial charge in [0.1, 0.15) is 5.75 Å². The molecule has 1 heterocycles. The minimum Gasteiger partial charge on any atom is -0.497 e. The van der Waals surface area contributed by atoms with Crippen LogP contribution in [0.5, 0.6) is 5.75 Å². The molecule has 10 nitrogen and oxygen atoms in total. The third kappa shape index (κ3) is 4.15. The van der Waals surface area contributed by atoms with E-state index in [0.29, 0.717) is 27.5 Å². The van der Waals surface area contributed by atoms with E-state index in [1.54, 1.807) is 50.2 Å². The summed E-state index contributed by atoms with van der Waals surface area (Å²) in [6.07, 6.45) is 0. The lowest BCUT2D eigenvalue weighted by molar-refractivity contribution is -0.385. The van der Waals surface area contributed by atoms with E-state index in [9.17, 15) is 19.7 Å². The predicted molar refractivity (Wildman–Crippen MR) is 117 cm³/mol. The maximum atomic E-state index is 11.8. The summed E-state index contributed by atoms with van der Waals surface area (Å²) in [7, 11) is 3.29. The van der Waals surface area contributed by atoms with Gasteiger partial charge in [-0.25, -0.2) is 0 Å². The zero-order valence-corrected chi connectivity index (χ0v) is 17.3. The lowest BCUT2D eigenvalue weighted by atomic mass is 10.0. The maximum Gasteiger partial charge on any atom is 0.314 e. The van der Waals surface area contributed by atoms with Gasteiger partial charge < -0.3 is 24.9 Å². The molecule has 0 saturated carbocycles. The third-order valence-corrected chi connectivity index (χ3v) is 5.08. The third-order valence-electron chi connectivity index (χ3n) is 4.66. The number of hydrogen-bond acceptors (Lipinski definition) is 6. The van der Waals surface area contributed by atoms with E-state index in [2.05, 4.69) is 15.3 Å². The molecule has 3 rings (SSSR count). The van der Waals surface area contributed by atoms with Gasteiger partial charge in [-0.15, -0.1) is 0 Å². The molecule has 3 N–H and O–H groups in total. The average molecular weight is 429 g/mol. The number of methoxy groups -OCH3 is 1. The largest absolute Gasteiger partial charge is 0.497 e. The summed E-state index contributed by atoms with van der Waals surface area (Å²) in [5, 5.41) is 14.9. The van der Waals surface area contributed by atoms with Crippen molar-refractivity contribution in [1.82, 2.24) is 14.9 Å². The zero-order valence-electron chi connectivity index (χ0n) is 16.4. The summed E-state index contributed by atoms with van der Waals surface area (Å²) in [6.45, 7) is 1.75. The van der Waals surface area contributed by atoms with Gasteiger partial charge in [-0.1, -0.05) is 0 Å². The lowest BCUT2D eigenvalue weighted by Crippen LogP contribution is -2.32. The van der Waals surface area contributed by atoms with Gasteiger partial charge in [0.2, 0.25) is 0 Å². The Hall–Kier alpha value is -3.73. The van der Waals surface area contributed by atoms with Crippen molar-refractivity contribution >= 4 is 39.7 Å². The second-order valence-electron chi connectivity index (χ2n) is 6.60. The van der Waals surface area contributed by atoms with Crippen LogP contribution in [0, 0.1) is 17.0 Å². The van der Waals surface area contributed by atoms with Crippen LogP contribution < -0.4 is 21.2 Å². The van der Waals surface area contributed by atoms with Crippen LogP contribution in [0.15, 0.2) is 39.9 Å². The minimum absolute atomic E-state index is 0.161. The number of anilines is 1. The summed E-state index contributed by atoms with van der Waals surface area (Å²) >= 11 is 5.44. The SMILES string of the molecule is COc1ccc(NC(=S)N(C)Cc2c(C)c([N+](=O)[O-])cc3[nH]c(=O)c(=O)[nH]c23)cc1. The van der Waals surface area contributed by atoms with Gasteiger partial charge in [-0.2, -0.15) is 0 Å². The Balaban J connectivity index is 1.96. The molecule has 11 heteroatoms. The second kappa shape index (κ2) is 8.33. The predicted octanol–water partition coefficient (Wildman–Crippen LogP) is 2.27. The fourth-order valence-corrected chi connectivity index (χ4v) is 3.18. The van der Waals surface area contributed by atoms with Gasteiger partial charge in [0, 0.05) is 36.5 Å². The van der Waals surface area contributed by atoms with Gasteiger partial charge in [-0.05, 0) is 43.4 Å². The van der Waals surface area contributed by atoms with E-state index in [1.807, 2.05) is 0 Å². The van der Waals surface area contributed by atoms with E-state index in [4.69, 9.17) is 17.0 Å². The molecule has 0 atom stereocenters. The van der Waals surface area contributed by atoms with Crippen molar-refractivity contribution in [3.63, 3.8) is 0 Å². The highest BCUT2D eigenvalue weighted by atomic mass is 32.1. The molecule has 0 spiro atoms. The van der Waals surface area contributed by atoms with Crippen LogP contribution in [0.4, 0.5) is 11.4 Å². The van der Waals surface area contributed by atoms with Crippen molar-refractivity contribution in [2.45, 2.75) is 13.5 Å². The highest BCUT2D eigenvalue weighted by Gasteiger charge is 2.21. The fourth-order valence-electron chi connectivity index (χ4n) is 3.00. The molecule has 0 unspecified atom stereocenters. The van der Waals surface area contributed by atoms with Gasteiger partial charge in [0.25, 0.3) is 5.69 Å². The average Bonchev–Trinajstić information content (AvgIpc) is 2.71. The number of nitro benzene ring substituents is 1. The first-order chi connectivity index (χ1) is 14.2. The smallest absolute Gasteiger partial charge is 0.314 e. The monoisotopic (exact) mass is 429 g/mol. The van der Waals surface area contributed by atoms with Crippen LogP contribution in [0.25, 0.3) is 11.0 Å². The molecule has 0 radical (unpaired) electrons. The molecule has 0 aliphatic rings. The molecule has 0 bridgehead atoms. The molecular weight excluding hydrogens is 410 g/mol. The van der Waals surface area contributed by atoms with Gasteiger partial charge in [0.15, 0.2) is 5.11 Å². The van der Waals surface area contributed by atoms with E-state index in [0.717, 1.165) is 5.69 Å². The first-order valence-corrected chi connectivity index (χ1v) is 9.21. The standard InChI is InChI=1S/C19H19N5O5S/c1-10-13(9-23(2)19(30)20-11-4-6-12(29-3)7-5-11)16-14(8-15(10)24(27)28)21-17(25)18(26)22-16/h4-8H,9H2,1-3H3,(H,20,30)(H,21,25)(H,22,26). The van der Waals surface area contributed by atoms with Crippen LogP contribution in [0.2, 0.25) is 0 Å². The number of aromatic nitrogens is 2. The van der Waals surface area contributed by atoms with Gasteiger partial charge in [-0.3, -0.25) is 19.7 Å². The number of H-pyrrole nitrogens is 2. The molecule has 2 aromatic carbocycles. The van der Waals surface area contributed by atoms with Crippen LogP contribution in [-0.4, -0.2) is 39.1 Å². The number of hydrogen-bond donors (Lipinski definition) is 3. The topological polar surface area (TPSA) is 133 Å². The Morgan fingerprint density at radius 2 is 1.87 bits per heavy atom. The summed E-state index contributed by atoms with van der Waals surface area (Å²) in [5.74, 6) is 0.705. The number of thiocarbonyl (C=S) groups is 1. The molecule has 0 saturated heterocycles. The van der Waals surface area contributed by atoms with Gasteiger partial charge in [0.05, 0.1) is 23.1 Å². The number of nitrogens with zero attached hydrogens (tertiary/aromatic N) is 2. The summed E-state index contributed by atoms with van der Waals surface area (Å²) in [6, 6.07) is 8.40. The lowest BCUT2D eigenvalue weighted by Gasteiger charge is -2.23. The van der Waals surface area contributed by atoms with E-state index in [-0.39, 0.29) is 17.7 Å². The number of aromatic amines is 2. The number of ether oxygens (including phenoxy) is 1. The molecule has 3 aromatic rings. The molecule has 0 fully saturated rings. The highest BCUT2D eigenvalue weighted by Crippen LogP contribution is 2.28. The Morgan fingerprint density at radius 3 is 2.47 bits per heavy atom. The molecule has 156 valence electrons. The van der Waals surface area contributed by atoms with Crippen molar-refractivity contribution < 1.29 is 9.66 Å². The molecule has 1 aromatic heterocycles. The second-order valence-corrected chi connectivity index (χ2v) is 6.99. The molecule has 0 aliphatic carbocycles. The van der Waals surface area contributed by atoms with Crippen LogP contribution in [0.1, 0.15) is 11.1 Å². The number of benzene rings is 2. The summed E-state index contributed by atoms with van der Waals surface area (Å²) in [5.41, 5.74) is 0.211. The van der Waals surface area contributed by atoms with E-state index < -0.39 is 16.0 Å². The van der Waals surface area contributed by atoms with Crippen LogP contribution in [0.3, 0.4) is 0 Å². The normalized spacial score (nSPS) is 10.6. The quantitative estimate of drug-likeness (QED) is 0.243. The van der Waals surface area contributed by atoms with Crippen molar-refractivity contribution in [3.8, 4) is 5.75 Å². The number of nitro groups is 1. The Kier molecular flexibility index (Phi) is 5.83. The number of fused-ring (bicyclic) bond motifs is 1. The first kappa shape index (κ1) is 21.0. The molecule has 0 aliphatic heterocycles. The van der Waals surface area contributed by atoms with Crippen molar-refractivity contribution in [2.24, 2.45) is 0 Å². The zero-order chi connectivity index (χ0) is 22.0. The maximum absolute atomic E-state index is 11.8. The van der Waals surface area contributed by atoms with Crippen molar-refractivity contribution in [3.05, 3.63) is 72.3 Å². The first-order valence-electron chi connectivity index (χ1n) is 8.80. The summed E-state index contributed by atoms with van der Waals surface area (Å²) < 4.78 is 5.12. The van der Waals surface area contributed by atoms with E-state index >= 15 is 0 Å². The number of nitrogens with one attached hydrogen (secondary N) is 3. The Bertz CT molecular complexity index is 1250. The Labute approximate surface area is 175 Å². The highest BCUT2D eigenvalue weighted by molar-refractivity contribution is 7.80. The Morgan fingerprint density at radius 1 is 1.23 bits per heavy atom. The van der Waals surface area contributed by atoms with Gasteiger partial charge >= 0.3 is 11.1 Å².